The first-order valence-corrected chi connectivity index (χ1v) is 8.71. The smallest absolute Gasteiger partial charge is 0.252 e. The van der Waals surface area contributed by atoms with E-state index in [-0.39, 0.29) is 11.8 Å². The van der Waals surface area contributed by atoms with Crippen molar-refractivity contribution in [3.05, 3.63) is 60.6 Å². The number of hydrogen-bond donors (Lipinski definition) is 1. The lowest BCUT2D eigenvalue weighted by molar-refractivity contribution is -0.121. The van der Waals surface area contributed by atoms with Crippen molar-refractivity contribution in [2.24, 2.45) is 7.05 Å². The number of nitrogens with one attached hydrogen (secondary N) is 1. The lowest BCUT2D eigenvalue weighted by Crippen LogP contribution is -2.52. The van der Waals surface area contributed by atoms with E-state index in [1.807, 2.05) is 42.1 Å². The van der Waals surface area contributed by atoms with Crippen LogP contribution in [0.4, 0.5) is 5.69 Å². The first kappa shape index (κ1) is 16.3. The van der Waals surface area contributed by atoms with Gasteiger partial charge in [-0.05, 0) is 48.6 Å². The van der Waals surface area contributed by atoms with Crippen LogP contribution >= 0.6 is 0 Å². The first-order valence-electron chi connectivity index (χ1n) is 8.71. The Morgan fingerprint density at radius 3 is 2.96 bits per heavy atom. The summed E-state index contributed by atoms with van der Waals surface area (Å²) in [6.07, 6.45) is 6.79. The Balaban J connectivity index is 1.52. The molecule has 1 fully saturated rings. The fraction of sp³-hybridized carbons (Fsp3) is 0.250. The number of benzene rings is 1. The van der Waals surface area contributed by atoms with Crippen LogP contribution in [-0.2, 0) is 11.8 Å². The number of aryl methyl sites for hydroxylation is 1. The largest absolute Gasteiger partial charge is 0.351 e. The van der Waals surface area contributed by atoms with Gasteiger partial charge < -0.3 is 14.8 Å². The molecular weight excluding hydrogens is 328 g/mol. The Morgan fingerprint density at radius 2 is 2.15 bits per heavy atom. The molecule has 26 heavy (non-hydrogen) atoms. The van der Waals surface area contributed by atoms with E-state index in [2.05, 4.69) is 10.3 Å². The molecule has 1 unspecified atom stereocenters. The summed E-state index contributed by atoms with van der Waals surface area (Å²) in [6.45, 7) is 0.645. The highest BCUT2D eigenvalue weighted by Gasteiger charge is 2.31. The summed E-state index contributed by atoms with van der Waals surface area (Å²) in [6, 6.07) is 10.7. The number of anilines is 1. The molecule has 4 rings (SSSR count). The number of fused-ring (bicyclic) bond motifs is 1. The van der Waals surface area contributed by atoms with Gasteiger partial charge in [0, 0.05) is 37.1 Å². The monoisotopic (exact) mass is 348 g/mol. The van der Waals surface area contributed by atoms with Crippen LogP contribution in [0.2, 0.25) is 0 Å². The summed E-state index contributed by atoms with van der Waals surface area (Å²) in [5.41, 5.74) is 2.32. The molecule has 0 spiro atoms. The van der Waals surface area contributed by atoms with Gasteiger partial charge in [-0.1, -0.05) is 6.07 Å². The van der Waals surface area contributed by atoms with E-state index in [0.29, 0.717) is 18.5 Å². The zero-order valence-corrected chi connectivity index (χ0v) is 14.6. The Hall–Kier alpha value is -3.15. The molecule has 1 aromatic carbocycles. The first-order chi connectivity index (χ1) is 12.6. The predicted molar refractivity (Wildman–Crippen MR) is 100.0 cm³/mol. The number of pyridine rings is 1. The topological polar surface area (TPSA) is 67.2 Å². The predicted octanol–water partition coefficient (Wildman–Crippen LogP) is 2.50. The maximum atomic E-state index is 12.8. The zero-order chi connectivity index (χ0) is 18.1. The third kappa shape index (κ3) is 2.94. The van der Waals surface area contributed by atoms with Gasteiger partial charge >= 0.3 is 0 Å². The number of hydrogen-bond acceptors (Lipinski definition) is 3. The van der Waals surface area contributed by atoms with E-state index in [9.17, 15) is 9.59 Å². The average Bonchev–Trinajstić information content (AvgIpc) is 3.04. The van der Waals surface area contributed by atoms with Crippen molar-refractivity contribution in [2.45, 2.75) is 18.9 Å². The molecule has 2 aromatic heterocycles. The van der Waals surface area contributed by atoms with Crippen LogP contribution in [0.25, 0.3) is 10.9 Å². The molecule has 0 aliphatic carbocycles. The average molecular weight is 348 g/mol. The lowest BCUT2D eigenvalue weighted by atomic mass is 10.0. The van der Waals surface area contributed by atoms with Gasteiger partial charge in [0.2, 0.25) is 5.91 Å². The Labute approximate surface area is 151 Å². The second kappa shape index (κ2) is 6.63. The van der Waals surface area contributed by atoms with Crippen molar-refractivity contribution in [1.29, 1.82) is 0 Å². The number of nitrogens with zero attached hydrogens (tertiary/aromatic N) is 3. The highest BCUT2D eigenvalue weighted by atomic mass is 16.2. The van der Waals surface area contributed by atoms with Crippen molar-refractivity contribution in [3.63, 3.8) is 0 Å². The zero-order valence-electron chi connectivity index (χ0n) is 14.6. The van der Waals surface area contributed by atoms with Crippen molar-refractivity contribution in [2.75, 3.05) is 11.4 Å². The van der Waals surface area contributed by atoms with Crippen LogP contribution in [-0.4, -0.2) is 34.0 Å². The summed E-state index contributed by atoms with van der Waals surface area (Å²) in [5, 5.41) is 3.99. The van der Waals surface area contributed by atoms with Crippen LogP contribution in [0.3, 0.4) is 0 Å². The number of aromatic nitrogens is 2. The Kier molecular flexibility index (Phi) is 4.16. The summed E-state index contributed by atoms with van der Waals surface area (Å²) in [4.78, 5) is 31.2. The van der Waals surface area contributed by atoms with E-state index in [4.69, 9.17) is 0 Å². The highest BCUT2D eigenvalue weighted by molar-refractivity contribution is 6.03. The quantitative estimate of drug-likeness (QED) is 0.791. The van der Waals surface area contributed by atoms with Crippen LogP contribution in [0.1, 0.15) is 23.2 Å². The molecule has 1 saturated heterocycles. The number of rotatable bonds is 3. The molecule has 132 valence electrons. The van der Waals surface area contributed by atoms with Crippen LogP contribution in [0.5, 0.6) is 0 Å². The van der Waals surface area contributed by atoms with E-state index in [1.54, 1.807) is 29.4 Å². The molecule has 2 amide bonds. The Morgan fingerprint density at radius 1 is 1.27 bits per heavy atom. The van der Waals surface area contributed by atoms with Gasteiger partial charge in [0.1, 0.15) is 6.04 Å². The molecular formula is C20H20N4O2. The molecule has 1 N–H and O–H groups in total. The van der Waals surface area contributed by atoms with Gasteiger partial charge in [0.05, 0.1) is 11.9 Å². The summed E-state index contributed by atoms with van der Waals surface area (Å²) in [7, 11) is 1.94. The Bertz CT molecular complexity index is 964. The molecule has 1 aliphatic heterocycles. The van der Waals surface area contributed by atoms with E-state index in [1.165, 1.54) is 0 Å². The van der Waals surface area contributed by atoms with Gasteiger partial charge in [-0.15, -0.1) is 0 Å². The van der Waals surface area contributed by atoms with Crippen molar-refractivity contribution in [1.82, 2.24) is 14.9 Å². The van der Waals surface area contributed by atoms with Crippen LogP contribution < -0.4 is 10.2 Å². The van der Waals surface area contributed by atoms with Gasteiger partial charge in [-0.25, -0.2) is 0 Å². The van der Waals surface area contributed by atoms with E-state index >= 15 is 0 Å². The molecule has 0 bridgehead atoms. The fourth-order valence-corrected chi connectivity index (χ4v) is 3.42. The SMILES string of the molecule is Cn1ccc2ccc(C(=O)NC3CCCN(c4cccnc4)C3=O)cc21. The summed E-state index contributed by atoms with van der Waals surface area (Å²) >= 11 is 0. The minimum atomic E-state index is -0.513. The maximum Gasteiger partial charge on any atom is 0.252 e. The number of piperidine rings is 1. The van der Waals surface area contributed by atoms with Crippen molar-refractivity contribution >= 4 is 28.4 Å². The number of carbonyl (C=O) groups is 2. The molecule has 1 aliphatic rings. The molecule has 1 atom stereocenters. The van der Waals surface area contributed by atoms with E-state index in [0.717, 1.165) is 23.0 Å². The molecule has 3 aromatic rings. The summed E-state index contributed by atoms with van der Waals surface area (Å²) < 4.78 is 1.97. The molecule has 0 saturated carbocycles. The fourth-order valence-electron chi connectivity index (χ4n) is 3.42. The second-order valence-electron chi connectivity index (χ2n) is 6.57. The minimum absolute atomic E-state index is 0.0856. The number of amides is 2. The standard InChI is InChI=1S/C20H20N4O2/c1-23-11-8-14-6-7-15(12-18(14)23)19(25)22-17-5-3-10-24(20(17)26)16-4-2-9-21-13-16/h2,4,6-9,11-13,17H,3,5,10H2,1H3,(H,22,25). The van der Waals surface area contributed by atoms with Gasteiger partial charge in [0.15, 0.2) is 0 Å². The van der Waals surface area contributed by atoms with Crippen molar-refractivity contribution < 1.29 is 9.59 Å². The normalized spacial score (nSPS) is 17.5. The molecule has 6 nitrogen and oxygen atoms in total. The van der Waals surface area contributed by atoms with Crippen molar-refractivity contribution in [3.8, 4) is 0 Å². The lowest BCUT2D eigenvalue weighted by Gasteiger charge is -2.32. The molecule has 3 heterocycles. The second-order valence-corrected chi connectivity index (χ2v) is 6.57. The van der Waals surface area contributed by atoms with Crippen LogP contribution in [0, 0.1) is 0 Å². The van der Waals surface area contributed by atoms with Gasteiger partial charge in [-0.3, -0.25) is 14.6 Å². The number of carbonyl (C=O) groups excluding carboxylic acids is 2. The molecule has 6 heteroatoms. The summed E-state index contributed by atoms with van der Waals surface area (Å²) in [5.74, 6) is -0.308. The van der Waals surface area contributed by atoms with Crippen LogP contribution in [0.15, 0.2) is 55.0 Å². The van der Waals surface area contributed by atoms with E-state index < -0.39 is 6.04 Å². The maximum absolute atomic E-state index is 12.8. The molecule has 0 radical (unpaired) electrons. The third-order valence-corrected chi connectivity index (χ3v) is 4.85. The van der Waals surface area contributed by atoms with Gasteiger partial charge in [-0.2, -0.15) is 0 Å². The minimum Gasteiger partial charge on any atom is -0.351 e. The van der Waals surface area contributed by atoms with Gasteiger partial charge in [0.25, 0.3) is 5.91 Å². The highest BCUT2D eigenvalue weighted by Crippen LogP contribution is 2.21. The third-order valence-electron chi connectivity index (χ3n) is 4.85.